The van der Waals surface area contributed by atoms with Crippen LogP contribution in [-0.4, -0.2) is 38.6 Å². The second kappa shape index (κ2) is 76.5. The molecule has 0 aliphatic carbocycles. The largest absolute Gasteiger partial charge is 0.385 e. The van der Waals surface area contributed by atoms with Crippen LogP contribution in [0.3, 0.4) is 0 Å². The van der Waals surface area contributed by atoms with E-state index in [4.69, 9.17) is 82.3 Å². The topological polar surface area (TPSA) is 49.4 Å². The molecule has 0 aromatic heterocycles. The SMILES string of the molecule is CCCN(CCCCNc1ccccc1C)S(C)(=O)=O.F.FF.FF.FF.FF.FF.FF.FF.FF.FF. The first-order valence-corrected chi connectivity index (χ1v) is 10.3. The first-order chi connectivity index (χ1) is 18.4. The minimum absolute atomic E-state index is 0. The number of sulfonamides is 1. The lowest BCUT2D eigenvalue weighted by Gasteiger charge is -2.19. The molecule has 0 fully saturated rings. The summed E-state index contributed by atoms with van der Waals surface area (Å²) in [5.41, 5.74) is 2.39. The second-order valence-corrected chi connectivity index (χ2v) is 7.09. The van der Waals surface area contributed by atoms with Gasteiger partial charge in [-0.1, -0.05) is 25.1 Å². The molecule has 0 saturated heterocycles. The lowest BCUT2D eigenvalue weighted by Crippen LogP contribution is -2.31. The zero-order valence-electron chi connectivity index (χ0n) is 19.9. The monoisotopic (exact) mass is 660 g/mol. The van der Waals surface area contributed by atoms with E-state index in [9.17, 15) is 8.42 Å². The van der Waals surface area contributed by atoms with Gasteiger partial charge in [-0.05, 0) is 37.8 Å². The zero-order chi connectivity index (χ0) is 33.0. The molecule has 4 nitrogen and oxygen atoms in total. The average Bonchev–Trinajstić information content (AvgIpc) is 3.02. The average molecular weight is 660 g/mol. The smallest absolute Gasteiger partial charge is 0.211 e. The van der Waals surface area contributed by atoms with Crippen LogP contribution in [-0.2, 0) is 10.0 Å². The highest BCUT2D eigenvalue weighted by molar-refractivity contribution is 7.88. The van der Waals surface area contributed by atoms with Gasteiger partial charge in [0, 0.05) is 108 Å². The van der Waals surface area contributed by atoms with Gasteiger partial charge in [0.25, 0.3) is 0 Å². The van der Waals surface area contributed by atoms with Crippen molar-refractivity contribution >= 4 is 15.7 Å². The molecule has 39 heavy (non-hydrogen) atoms. The molecular formula is C15H27F19N2O2S. The van der Waals surface area contributed by atoms with Crippen molar-refractivity contribution in [1.29, 1.82) is 0 Å². The molecule has 0 saturated carbocycles. The van der Waals surface area contributed by atoms with Gasteiger partial charge in [0.1, 0.15) is 0 Å². The van der Waals surface area contributed by atoms with Crippen LogP contribution < -0.4 is 5.32 Å². The first kappa shape index (κ1) is 65.6. The third kappa shape index (κ3) is 61.3. The molecule has 1 rings (SSSR count). The number of hydrogen-bond acceptors (Lipinski definition) is 3. The molecule has 0 unspecified atom stereocenters. The van der Waals surface area contributed by atoms with Crippen LogP contribution in [0.1, 0.15) is 31.7 Å². The Morgan fingerprint density at radius 3 is 1.33 bits per heavy atom. The van der Waals surface area contributed by atoms with Gasteiger partial charge in [-0.2, -0.15) is 0 Å². The zero-order valence-corrected chi connectivity index (χ0v) is 20.8. The molecule has 24 heteroatoms. The van der Waals surface area contributed by atoms with Gasteiger partial charge < -0.3 is 5.32 Å². The summed E-state index contributed by atoms with van der Waals surface area (Å²) in [5, 5.41) is 3.39. The maximum Gasteiger partial charge on any atom is 0.211 e. The van der Waals surface area contributed by atoms with E-state index in [0.29, 0.717) is 13.1 Å². The van der Waals surface area contributed by atoms with Crippen LogP contribution >= 0.6 is 0 Å². The summed E-state index contributed by atoms with van der Waals surface area (Å²) in [5.74, 6) is 0. The van der Waals surface area contributed by atoms with Crippen molar-refractivity contribution in [2.45, 2.75) is 33.1 Å². The Balaban J connectivity index is -0.0000000470. The number of para-hydroxylation sites is 1. The van der Waals surface area contributed by atoms with Crippen LogP contribution in [0.25, 0.3) is 0 Å². The van der Waals surface area contributed by atoms with Crippen LogP contribution in [0.4, 0.5) is 92.7 Å². The van der Waals surface area contributed by atoms with E-state index in [-0.39, 0.29) is 4.70 Å². The molecule has 1 N–H and O–H groups in total. The summed E-state index contributed by atoms with van der Waals surface area (Å²) >= 11 is 0. The number of halogens is 19. The van der Waals surface area contributed by atoms with E-state index in [0.717, 1.165) is 31.5 Å². The molecule has 0 aliphatic rings. The fourth-order valence-corrected chi connectivity index (χ4v) is 3.08. The van der Waals surface area contributed by atoms with Crippen molar-refractivity contribution in [2.75, 3.05) is 31.2 Å². The Kier molecular flexibility index (Phi) is 129. The molecule has 248 valence electrons. The lowest BCUT2D eigenvalue weighted by molar-refractivity contribution is 0.108. The molecule has 0 atom stereocenters. The normalized spacial score (nSPS) is 7.44. The van der Waals surface area contributed by atoms with Gasteiger partial charge in [-0.25, -0.2) is 12.7 Å². The summed E-state index contributed by atoms with van der Waals surface area (Å²) < 4.78 is 169. The molecule has 0 heterocycles. The third-order valence-electron chi connectivity index (χ3n) is 3.24. The predicted molar refractivity (Wildman–Crippen MR) is 108 cm³/mol. The van der Waals surface area contributed by atoms with Crippen LogP contribution in [0.5, 0.6) is 0 Å². The van der Waals surface area contributed by atoms with Crippen LogP contribution in [0.15, 0.2) is 24.3 Å². The van der Waals surface area contributed by atoms with Gasteiger partial charge in [-0.15, -0.1) is 0 Å². The molecule has 0 radical (unpaired) electrons. The van der Waals surface area contributed by atoms with Gasteiger partial charge in [-0.3, -0.25) is 4.70 Å². The maximum absolute atomic E-state index is 11.6. The van der Waals surface area contributed by atoms with Gasteiger partial charge in [0.05, 0.1) is 6.26 Å². The van der Waals surface area contributed by atoms with E-state index in [1.807, 2.05) is 19.1 Å². The number of hydrogen-bond donors (Lipinski definition) is 1. The molecule has 1 aromatic carbocycles. The molecule has 0 amide bonds. The number of unbranched alkanes of at least 4 members (excludes halogenated alkanes) is 1. The van der Waals surface area contributed by atoms with E-state index in [1.54, 1.807) is 4.31 Å². The maximum atomic E-state index is 11.6. The van der Waals surface area contributed by atoms with Crippen molar-refractivity contribution in [2.24, 2.45) is 0 Å². The van der Waals surface area contributed by atoms with Crippen LogP contribution in [0, 0.1) is 6.92 Å². The Hall–Kier alpha value is -2.40. The Bertz CT molecular complexity index is 539. The number of anilines is 1. The molecule has 1 aromatic rings. The summed E-state index contributed by atoms with van der Waals surface area (Å²) in [6, 6.07) is 8.18. The number of rotatable bonds is 9. The van der Waals surface area contributed by atoms with Gasteiger partial charge in [0.2, 0.25) is 10.0 Å². The number of aryl methyl sites for hydroxylation is 1. The van der Waals surface area contributed by atoms with E-state index >= 15 is 0 Å². The van der Waals surface area contributed by atoms with Crippen molar-refractivity contribution in [3.63, 3.8) is 0 Å². The summed E-state index contributed by atoms with van der Waals surface area (Å²) in [6.07, 6.45) is 3.98. The first-order valence-electron chi connectivity index (χ1n) is 8.48. The van der Waals surface area contributed by atoms with Crippen molar-refractivity contribution in [3.8, 4) is 0 Å². The molecule has 0 aliphatic heterocycles. The predicted octanol–water partition coefficient (Wildman–Crippen LogP) is 10.6. The second-order valence-electron chi connectivity index (χ2n) is 5.11. The highest BCUT2D eigenvalue weighted by atomic mass is 32.2. The fraction of sp³-hybridized carbons (Fsp3) is 0.600. The van der Waals surface area contributed by atoms with Crippen molar-refractivity contribution in [1.82, 2.24) is 4.31 Å². The van der Waals surface area contributed by atoms with Crippen molar-refractivity contribution in [3.05, 3.63) is 29.8 Å². The van der Waals surface area contributed by atoms with E-state index in [2.05, 4.69) is 24.4 Å². The summed E-state index contributed by atoms with van der Waals surface area (Å²) in [7, 11) is -3.06. The number of nitrogens with one attached hydrogen (secondary N) is 1. The Morgan fingerprint density at radius 2 is 1.03 bits per heavy atom. The third-order valence-corrected chi connectivity index (χ3v) is 4.54. The molecule has 0 bridgehead atoms. The molecular weight excluding hydrogens is 633 g/mol. The van der Waals surface area contributed by atoms with Gasteiger partial charge >= 0.3 is 0 Å². The highest BCUT2D eigenvalue weighted by Gasteiger charge is 2.14. The van der Waals surface area contributed by atoms with Crippen molar-refractivity contribution < 1.29 is 95.5 Å². The lowest BCUT2D eigenvalue weighted by atomic mass is 10.2. The molecule has 0 spiro atoms. The van der Waals surface area contributed by atoms with E-state index < -0.39 is 10.0 Å². The quantitative estimate of drug-likeness (QED) is 0.212. The Morgan fingerprint density at radius 1 is 0.667 bits per heavy atom. The van der Waals surface area contributed by atoms with E-state index in [1.165, 1.54) is 11.8 Å². The number of benzene rings is 1. The standard InChI is InChI=1S/C15H26N2O2S.9F2.FH/c1-4-12-17(20(3,18)19)13-8-7-11-16-15-10-6-5-9-14(15)2;9*1-2;/h5-6,9-10,16H,4,7-8,11-13H2,1-3H3;;;;;;;;;;1H. The van der Waals surface area contributed by atoms with Gasteiger partial charge in [0.15, 0.2) is 0 Å². The van der Waals surface area contributed by atoms with Crippen LogP contribution in [0.2, 0.25) is 0 Å². The summed E-state index contributed by atoms with van der Waals surface area (Å²) in [6.45, 7) is 6.17. The fourth-order valence-electron chi connectivity index (χ4n) is 2.10. The summed E-state index contributed by atoms with van der Waals surface area (Å²) in [4.78, 5) is 0. The number of nitrogens with zero attached hydrogens (tertiary/aromatic N) is 1. The Labute approximate surface area is 210 Å². The highest BCUT2D eigenvalue weighted by Crippen LogP contribution is 2.13. The minimum atomic E-state index is -3.06. The minimum Gasteiger partial charge on any atom is -0.385 e.